The summed E-state index contributed by atoms with van der Waals surface area (Å²) in [5.41, 5.74) is 3.54. The van der Waals surface area contributed by atoms with Crippen LogP contribution in [0.3, 0.4) is 0 Å². The van der Waals surface area contributed by atoms with Crippen molar-refractivity contribution in [3.8, 4) is 17.1 Å². The van der Waals surface area contributed by atoms with Gasteiger partial charge >= 0.3 is 0 Å². The molecule has 4 rings (SSSR count). The number of hydrogen-bond donors (Lipinski definition) is 1. The molecule has 26 heavy (non-hydrogen) atoms. The number of amides is 1. The number of nitrogens with one attached hydrogen (secondary N) is 1. The van der Waals surface area contributed by atoms with E-state index in [1.807, 2.05) is 6.07 Å². The standard InChI is InChI=1S/C18H18N2O4S2/c1-24-18-13(17(21)19-11-7-8-26(22,23)10-11)5-6-15(20-18)14-9-25-16-4-2-3-12(14)16/h5-9,11H,2-4,10H2,1H3,(H,19,21)/t11-/m1/s1. The smallest absolute Gasteiger partial charge is 0.257 e. The maximum Gasteiger partial charge on any atom is 0.257 e. The number of thiophene rings is 1. The molecule has 3 heterocycles. The number of hydrogen-bond acceptors (Lipinski definition) is 6. The number of rotatable bonds is 4. The SMILES string of the molecule is COc1nc(-c2csc3c2CCC3)ccc1C(=O)N[C@@H]1C=CS(=O)(=O)C1. The van der Waals surface area contributed by atoms with Crippen molar-refractivity contribution in [1.29, 1.82) is 0 Å². The Balaban J connectivity index is 1.59. The van der Waals surface area contributed by atoms with E-state index in [1.165, 1.54) is 30.0 Å². The van der Waals surface area contributed by atoms with Gasteiger partial charge in [0, 0.05) is 21.2 Å². The zero-order chi connectivity index (χ0) is 18.3. The molecule has 1 amide bonds. The third-order valence-corrected chi connectivity index (χ3v) is 7.12. The molecule has 1 N–H and O–H groups in total. The van der Waals surface area contributed by atoms with Crippen LogP contribution in [-0.4, -0.2) is 38.2 Å². The van der Waals surface area contributed by atoms with Gasteiger partial charge in [-0.05, 0) is 43.0 Å². The highest BCUT2D eigenvalue weighted by molar-refractivity contribution is 7.94. The van der Waals surface area contributed by atoms with Crippen molar-refractivity contribution in [3.05, 3.63) is 45.0 Å². The number of ether oxygens (including phenoxy) is 1. The maximum atomic E-state index is 12.5. The van der Waals surface area contributed by atoms with E-state index in [9.17, 15) is 13.2 Å². The first-order valence-electron chi connectivity index (χ1n) is 8.33. The largest absolute Gasteiger partial charge is 0.480 e. The van der Waals surface area contributed by atoms with Gasteiger partial charge in [0.05, 0.1) is 24.6 Å². The number of fused-ring (bicyclic) bond motifs is 1. The van der Waals surface area contributed by atoms with Gasteiger partial charge in [-0.2, -0.15) is 0 Å². The maximum absolute atomic E-state index is 12.5. The molecule has 0 radical (unpaired) electrons. The van der Waals surface area contributed by atoms with E-state index in [0.29, 0.717) is 5.56 Å². The highest BCUT2D eigenvalue weighted by Gasteiger charge is 2.25. The van der Waals surface area contributed by atoms with Crippen molar-refractivity contribution in [2.75, 3.05) is 12.9 Å². The number of methoxy groups -OCH3 is 1. The molecule has 6 nitrogen and oxygen atoms in total. The molecule has 136 valence electrons. The van der Waals surface area contributed by atoms with Gasteiger partial charge < -0.3 is 10.1 Å². The zero-order valence-corrected chi connectivity index (χ0v) is 15.8. The van der Waals surface area contributed by atoms with Crippen molar-refractivity contribution < 1.29 is 17.9 Å². The predicted octanol–water partition coefficient (Wildman–Crippen LogP) is 2.35. The van der Waals surface area contributed by atoms with Crippen molar-refractivity contribution >= 4 is 27.1 Å². The minimum absolute atomic E-state index is 0.117. The average molecular weight is 390 g/mol. The molecule has 0 aromatic carbocycles. The third-order valence-electron chi connectivity index (χ3n) is 4.63. The average Bonchev–Trinajstić information content (AvgIpc) is 3.29. The molecule has 1 aliphatic carbocycles. The van der Waals surface area contributed by atoms with E-state index in [1.54, 1.807) is 17.4 Å². The molecule has 0 unspecified atom stereocenters. The summed E-state index contributed by atoms with van der Waals surface area (Å²) in [6.07, 6.45) is 4.83. The fourth-order valence-corrected chi connectivity index (χ4v) is 5.75. The summed E-state index contributed by atoms with van der Waals surface area (Å²) in [5.74, 6) is -0.279. The summed E-state index contributed by atoms with van der Waals surface area (Å²) in [7, 11) is -1.75. The van der Waals surface area contributed by atoms with Gasteiger partial charge in [0.1, 0.15) is 5.56 Å². The number of sulfone groups is 1. The van der Waals surface area contributed by atoms with Crippen LogP contribution in [0.4, 0.5) is 0 Å². The lowest BCUT2D eigenvalue weighted by molar-refractivity contribution is 0.0944. The van der Waals surface area contributed by atoms with E-state index in [-0.39, 0.29) is 11.6 Å². The number of pyridine rings is 1. The van der Waals surface area contributed by atoms with E-state index >= 15 is 0 Å². The second kappa shape index (κ2) is 6.51. The van der Waals surface area contributed by atoms with Crippen LogP contribution in [-0.2, 0) is 22.7 Å². The molecule has 1 aliphatic heterocycles. The molecule has 0 fully saturated rings. The number of nitrogens with zero attached hydrogens (tertiary/aromatic N) is 1. The van der Waals surface area contributed by atoms with Crippen molar-refractivity contribution in [2.45, 2.75) is 25.3 Å². The fraction of sp³-hybridized carbons (Fsp3) is 0.333. The molecule has 2 aromatic heterocycles. The quantitative estimate of drug-likeness (QED) is 0.866. The summed E-state index contributed by atoms with van der Waals surface area (Å²) in [6, 6.07) is 2.97. The van der Waals surface area contributed by atoms with E-state index in [4.69, 9.17) is 4.74 Å². The molecular weight excluding hydrogens is 372 g/mol. The number of aromatic nitrogens is 1. The molecule has 0 saturated carbocycles. The first-order valence-corrected chi connectivity index (χ1v) is 10.9. The Kier molecular flexibility index (Phi) is 4.32. The molecule has 8 heteroatoms. The second-order valence-electron chi connectivity index (χ2n) is 6.40. The Labute approximate surface area is 155 Å². The van der Waals surface area contributed by atoms with Gasteiger partial charge in [-0.3, -0.25) is 4.79 Å². The predicted molar refractivity (Wildman–Crippen MR) is 100 cm³/mol. The second-order valence-corrected chi connectivity index (χ2v) is 9.29. The van der Waals surface area contributed by atoms with Crippen molar-refractivity contribution in [1.82, 2.24) is 10.3 Å². The lowest BCUT2D eigenvalue weighted by atomic mass is 10.1. The highest BCUT2D eigenvalue weighted by Crippen LogP contribution is 2.37. The first-order chi connectivity index (χ1) is 12.5. The van der Waals surface area contributed by atoms with Gasteiger partial charge in [0.25, 0.3) is 5.91 Å². The van der Waals surface area contributed by atoms with Gasteiger partial charge in [-0.15, -0.1) is 11.3 Å². The summed E-state index contributed by atoms with van der Waals surface area (Å²) in [5, 5.41) is 5.94. The summed E-state index contributed by atoms with van der Waals surface area (Å²) in [6.45, 7) is 0. The van der Waals surface area contributed by atoms with E-state index in [0.717, 1.165) is 29.5 Å². The molecule has 2 aromatic rings. The number of carbonyl (C=O) groups is 1. The number of aryl methyl sites for hydroxylation is 1. The van der Waals surface area contributed by atoms with Gasteiger partial charge in [0.2, 0.25) is 5.88 Å². The van der Waals surface area contributed by atoms with Crippen LogP contribution < -0.4 is 10.1 Å². The monoisotopic (exact) mass is 390 g/mol. The molecule has 0 bridgehead atoms. The van der Waals surface area contributed by atoms with Gasteiger partial charge in [-0.1, -0.05) is 0 Å². The molecule has 0 saturated heterocycles. The van der Waals surface area contributed by atoms with Crippen LogP contribution in [0.1, 0.15) is 27.2 Å². The van der Waals surface area contributed by atoms with Crippen molar-refractivity contribution in [3.63, 3.8) is 0 Å². The fourth-order valence-electron chi connectivity index (χ4n) is 3.38. The Morgan fingerprint density at radius 1 is 1.35 bits per heavy atom. The van der Waals surface area contributed by atoms with Crippen LogP contribution in [0.25, 0.3) is 11.3 Å². The van der Waals surface area contributed by atoms with Crippen LogP contribution >= 0.6 is 11.3 Å². The summed E-state index contributed by atoms with van der Waals surface area (Å²) < 4.78 is 28.3. The van der Waals surface area contributed by atoms with Crippen LogP contribution in [0.5, 0.6) is 5.88 Å². The van der Waals surface area contributed by atoms with Gasteiger partial charge in [-0.25, -0.2) is 13.4 Å². The highest BCUT2D eigenvalue weighted by atomic mass is 32.2. The first kappa shape index (κ1) is 17.2. The molecule has 0 spiro atoms. The zero-order valence-electron chi connectivity index (χ0n) is 14.2. The van der Waals surface area contributed by atoms with Crippen LogP contribution in [0.2, 0.25) is 0 Å². The van der Waals surface area contributed by atoms with E-state index in [2.05, 4.69) is 15.7 Å². The third kappa shape index (κ3) is 3.14. The molecule has 1 atom stereocenters. The lowest BCUT2D eigenvalue weighted by Crippen LogP contribution is -2.35. The van der Waals surface area contributed by atoms with Crippen molar-refractivity contribution in [2.24, 2.45) is 0 Å². The Bertz CT molecular complexity index is 1010. The Morgan fingerprint density at radius 2 is 2.19 bits per heavy atom. The summed E-state index contributed by atoms with van der Waals surface area (Å²) in [4.78, 5) is 18.5. The Hall–Kier alpha value is -2.19. The van der Waals surface area contributed by atoms with Gasteiger partial charge in [0.15, 0.2) is 9.84 Å². The number of carbonyl (C=O) groups excluding carboxylic acids is 1. The minimum atomic E-state index is -3.22. The van der Waals surface area contributed by atoms with E-state index < -0.39 is 21.8 Å². The summed E-state index contributed by atoms with van der Waals surface area (Å²) >= 11 is 1.75. The normalized spacial score (nSPS) is 20.1. The van der Waals surface area contributed by atoms with Crippen LogP contribution in [0, 0.1) is 0 Å². The molecule has 2 aliphatic rings. The van der Waals surface area contributed by atoms with Crippen LogP contribution in [0.15, 0.2) is 29.0 Å². The minimum Gasteiger partial charge on any atom is -0.480 e. The Morgan fingerprint density at radius 3 is 2.92 bits per heavy atom. The lowest BCUT2D eigenvalue weighted by Gasteiger charge is -2.13. The molecular formula is C18H18N2O4S2. The topological polar surface area (TPSA) is 85.4 Å².